The molecular formula is C19H23N3O3. The van der Waals surface area contributed by atoms with Crippen LogP contribution < -0.4 is 0 Å². The molecule has 0 saturated carbocycles. The molecule has 1 N–H and O–H groups in total. The number of ether oxygens (including phenoxy) is 1. The summed E-state index contributed by atoms with van der Waals surface area (Å²) in [6, 6.07) is 7.99. The number of methoxy groups -OCH3 is 1. The standard InChI is InChI=1S/C19H23N3O3/c1-25-11-10-21-17-7-9-22(16(17)4-5-18(21)23)19(24)14-2-3-15-13(12-14)6-8-20-15/h2-3,6,8,12,16-17,20H,4-5,7,9-11H2,1H3/t16-,17-/m1/s1. The summed E-state index contributed by atoms with van der Waals surface area (Å²) in [7, 11) is 1.65. The van der Waals surface area contributed by atoms with Crippen molar-refractivity contribution in [2.45, 2.75) is 31.3 Å². The summed E-state index contributed by atoms with van der Waals surface area (Å²) >= 11 is 0. The van der Waals surface area contributed by atoms with Crippen LogP contribution in [0.4, 0.5) is 0 Å². The van der Waals surface area contributed by atoms with Gasteiger partial charge in [-0.3, -0.25) is 9.59 Å². The number of amides is 2. The Bertz CT molecular complexity index is 800. The minimum absolute atomic E-state index is 0.0663. The van der Waals surface area contributed by atoms with Crippen LogP contribution in [-0.4, -0.2) is 65.5 Å². The Hall–Kier alpha value is -2.34. The van der Waals surface area contributed by atoms with Crippen LogP contribution in [0.2, 0.25) is 0 Å². The number of piperidine rings is 1. The van der Waals surface area contributed by atoms with E-state index in [2.05, 4.69) is 4.98 Å². The van der Waals surface area contributed by atoms with E-state index in [1.807, 2.05) is 40.3 Å². The number of fused-ring (bicyclic) bond motifs is 2. The number of aromatic nitrogens is 1. The lowest BCUT2D eigenvalue weighted by atomic mass is 9.96. The highest BCUT2D eigenvalue weighted by Crippen LogP contribution is 2.32. The number of hydrogen-bond donors (Lipinski definition) is 1. The summed E-state index contributed by atoms with van der Waals surface area (Å²) in [5, 5.41) is 1.04. The minimum Gasteiger partial charge on any atom is -0.383 e. The lowest BCUT2D eigenvalue weighted by Gasteiger charge is -2.39. The Labute approximate surface area is 146 Å². The Morgan fingerprint density at radius 1 is 1.28 bits per heavy atom. The smallest absolute Gasteiger partial charge is 0.254 e. The van der Waals surface area contributed by atoms with E-state index in [0.29, 0.717) is 31.7 Å². The number of carbonyl (C=O) groups is 2. The van der Waals surface area contributed by atoms with Gasteiger partial charge in [0.15, 0.2) is 0 Å². The van der Waals surface area contributed by atoms with Crippen molar-refractivity contribution in [2.24, 2.45) is 0 Å². The van der Waals surface area contributed by atoms with Crippen LogP contribution in [0.1, 0.15) is 29.6 Å². The van der Waals surface area contributed by atoms with Gasteiger partial charge in [0.1, 0.15) is 0 Å². The average Bonchev–Trinajstić information content (AvgIpc) is 3.26. The lowest BCUT2D eigenvalue weighted by molar-refractivity contribution is -0.138. The predicted octanol–water partition coefficient (Wildman–Crippen LogP) is 2.02. The van der Waals surface area contributed by atoms with Crippen LogP contribution in [0, 0.1) is 0 Å². The number of likely N-dealkylation sites (tertiary alicyclic amines) is 2. The molecule has 0 radical (unpaired) electrons. The Kier molecular flexibility index (Phi) is 4.21. The second-order valence-corrected chi connectivity index (χ2v) is 6.82. The van der Waals surface area contributed by atoms with Gasteiger partial charge in [0.25, 0.3) is 5.91 Å². The summed E-state index contributed by atoms with van der Waals surface area (Å²) in [5.74, 6) is 0.248. The molecule has 2 aliphatic heterocycles. The van der Waals surface area contributed by atoms with Crippen LogP contribution in [0.5, 0.6) is 0 Å². The average molecular weight is 341 g/mol. The Morgan fingerprint density at radius 2 is 2.16 bits per heavy atom. The predicted molar refractivity (Wildman–Crippen MR) is 94.4 cm³/mol. The van der Waals surface area contributed by atoms with E-state index < -0.39 is 0 Å². The number of aromatic amines is 1. The van der Waals surface area contributed by atoms with Crippen molar-refractivity contribution < 1.29 is 14.3 Å². The van der Waals surface area contributed by atoms with Gasteiger partial charge in [0, 0.05) is 49.3 Å². The lowest BCUT2D eigenvalue weighted by Crippen LogP contribution is -2.54. The van der Waals surface area contributed by atoms with Gasteiger partial charge in [-0.1, -0.05) is 0 Å². The van der Waals surface area contributed by atoms with E-state index >= 15 is 0 Å². The van der Waals surface area contributed by atoms with Crippen LogP contribution in [0.25, 0.3) is 10.9 Å². The van der Waals surface area contributed by atoms with E-state index in [0.717, 1.165) is 23.7 Å². The zero-order chi connectivity index (χ0) is 17.4. The number of rotatable bonds is 4. The molecule has 3 heterocycles. The number of nitrogens with one attached hydrogen (secondary N) is 1. The van der Waals surface area contributed by atoms with E-state index in [4.69, 9.17) is 4.74 Å². The first kappa shape index (κ1) is 16.1. The van der Waals surface area contributed by atoms with Crippen LogP contribution >= 0.6 is 0 Å². The molecule has 2 aromatic rings. The van der Waals surface area contributed by atoms with Crippen molar-refractivity contribution in [3.05, 3.63) is 36.0 Å². The third kappa shape index (κ3) is 2.80. The Morgan fingerprint density at radius 3 is 3.00 bits per heavy atom. The highest BCUT2D eigenvalue weighted by atomic mass is 16.5. The summed E-state index contributed by atoms with van der Waals surface area (Å²) < 4.78 is 5.14. The van der Waals surface area contributed by atoms with Crippen molar-refractivity contribution in [1.82, 2.24) is 14.8 Å². The summed E-state index contributed by atoms with van der Waals surface area (Å²) in [6.45, 7) is 1.84. The molecule has 2 atom stereocenters. The normalized spacial score (nSPS) is 23.3. The quantitative estimate of drug-likeness (QED) is 0.925. The molecule has 0 unspecified atom stereocenters. The molecule has 1 aromatic heterocycles. The fourth-order valence-electron chi connectivity index (χ4n) is 4.23. The number of benzene rings is 1. The summed E-state index contributed by atoms with van der Waals surface area (Å²) in [4.78, 5) is 32.4. The second-order valence-electron chi connectivity index (χ2n) is 6.82. The maximum atomic E-state index is 13.1. The molecule has 1 aromatic carbocycles. The van der Waals surface area contributed by atoms with E-state index in [-0.39, 0.29) is 23.9 Å². The van der Waals surface area contributed by atoms with Crippen LogP contribution in [-0.2, 0) is 9.53 Å². The molecule has 0 spiro atoms. The van der Waals surface area contributed by atoms with Crippen LogP contribution in [0.15, 0.2) is 30.5 Å². The number of nitrogens with zero attached hydrogens (tertiary/aromatic N) is 2. The largest absolute Gasteiger partial charge is 0.383 e. The molecule has 25 heavy (non-hydrogen) atoms. The van der Waals surface area contributed by atoms with Crippen LogP contribution in [0.3, 0.4) is 0 Å². The highest BCUT2D eigenvalue weighted by molar-refractivity contribution is 5.98. The number of H-pyrrole nitrogens is 1. The molecule has 2 saturated heterocycles. The van der Waals surface area contributed by atoms with Gasteiger partial charge < -0.3 is 19.5 Å². The third-order valence-electron chi connectivity index (χ3n) is 5.48. The molecule has 4 rings (SSSR count). The van der Waals surface area contributed by atoms with Crippen molar-refractivity contribution in [2.75, 3.05) is 26.8 Å². The number of hydrogen-bond acceptors (Lipinski definition) is 3. The molecule has 2 amide bonds. The van der Waals surface area contributed by atoms with Gasteiger partial charge in [-0.25, -0.2) is 0 Å². The molecule has 132 valence electrons. The molecule has 2 aliphatic rings. The monoisotopic (exact) mass is 341 g/mol. The van der Waals surface area contributed by atoms with Crippen molar-refractivity contribution in [3.8, 4) is 0 Å². The van der Waals surface area contributed by atoms with E-state index in [1.54, 1.807) is 7.11 Å². The van der Waals surface area contributed by atoms with Gasteiger partial charge in [0.05, 0.1) is 18.7 Å². The maximum absolute atomic E-state index is 13.1. The van der Waals surface area contributed by atoms with Gasteiger partial charge in [-0.15, -0.1) is 0 Å². The van der Waals surface area contributed by atoms with Gasteiger partial charge in [-0.05, 0) is 37.1 Å². The van der Waals surface area contributed by atoms with E-state index in [1.165, 1.54) is 0 Å². The summed E-state index contributed by atoms with van der Waals surface area (Å²) in [6.07, 6.45) is 3.99. The SMILES string of the molecule is COCCN1C(=O)CC[C@@H]2[C@H]1CCN2C(=O)c1ccc2[nH]ccc2c1. The molecule has 0 bridgehead atoms. The first-order valence-electron chi connectivity index (χ1n) is 8.85. The zero-order valence-electron chi connectivity index (χ0n) is 14.4. The second kappa shape index (κ2) is 6.52. The molecule has 0 aliphatic carbocycles. The van der Waals surface area contributed by atoms with Gasteiger partial charge in [0.2, 0.25) is 5.91 Å². The van der Waals surface area contributed by atoms with Crippen molar-refractivity contribution in [1.29, 1.82) is 0 Å². The van der Waals surface area contributed by atoms with E-state index in [9.17, 15) is 9.59 Å². The fourth-order valence-corrected chi connectivity index (χ4v) is 4.23. The topological polar surface area (TPSA) is 65.6 Å². The number of carbonyl (C=O) groups excluding carboxylic acids is 2. The minimum atomic E-state index is 0.0663. The van der Waals surface area contributed by atoms with Crippen molar-refractivity contribution >= 4 is 22.7 Å². The zero-order valence-corrected chi connectivity index (χ0v) is 14.4. The first-order valence-corrected chi connectivity index (χ1v) is 8.85. The highest BCUT2D eigenvalue weighted by Gasteiger charge is 2.44. The molecular weight excluding hydrogens is 318 g/mol. The summed E-state index contributed by atoms with van der Waals surface area (Å²) in [5.41, 5.74) is 1.75. The fraction of sp³-hybridized carbons (Fsp3) is 0.474. The third-order valence-corrected chi connectivity index (χ3v) is 5.48. The Balaban J connectivity index is 1.55. The molecule has 6 nitrogen and oxygen atoms in total. The maximum Gasteiger partial charge on any atom is 0.254 e. The molecule has 6 heteroatoms. The van der Waals surface area contributed by atoms with Crippen molar-refractivity contribution in [3.63, 3.8) is 0 Å². The van der Waals surface area contributed by atoms with Gasteiger partial charge in [-0.2, -0.15) is 0 Å². The molecule has 2 fully saturated rings. The van der Waals surface area contributed by atoms with Gasteiger partial charge >= 0.3 is 0 Å². The first-order chi connectivity index (χ1) is 12.2.